The van der Waals surface area contributed by atoms with E-state index in [1.54, 1.807) is 23.5 Å². The zero-order valence-corrected chi connectivity index (χ0v) is 13.6. The number of rotatable bonds is 5. The molecule has 0 saturated heterocycles. The maximum Gasteiger partial charge on any atom is 0.180 e. The molecule has 1 aliphatic heterocycles. The first-order valence-corrected chi connectivity index (χ1v) is 9.76. The van der Waals surface area contributed by atoms with Crippen LogP contribution in [0.1, 0.15) is 42.3 Å². The molecule has 1 N–H and O–H groups in total. The van der Waals surface area contributed by atoms with Crippen LogP contribution in [-0.2, 0) is 9.84 Å². The van der Waals surface area contributed by atoms with Gasteiger partial charge in [-0.15, -0.1) is 11.3 Å². The van der Waals surface area contributed by atoms with Crippen LogP contribution in [0.25, 0.3) is 0 Å². The topological polar surface area (TPSA) is 46.2 Å². The van der Waals surface area contributed by atoms with E-state index in [0.717, 1.165) is 18.4 Å². The second kappa shape index (κ2) is 5.91. The minimum absolute atomic E-state index is 0.107. The van der Waals surface area contributed by atoms with Crippen LogP contribution in [0.15, 0.2) is 46.7 Å². The van der Waals surface area contributed by atoms with Gasteiger partial charge >= 0.3 is 0 Å². The predicted octanol–water partition coefficient (Wildman–Crippen LogP) is 3.71. The van der Waals surface area contributed by atoms with Gasteiger partial charge in [0, 0.05) is 17.0 Å². The van der Waals surface area contributed by atoms with Crippen LogP contribution >= 0.6 is 11.3 Å². The molecule has 1 aromatic heterocycles. The Labute approximate surface area is 129 Å². The second-order valence-electron chi connectivity index (χ2n) is 5.40. The molecule has 0 saturated carbocycles. The van der Waals surface area contributed by atoms with Crippen LogP contribution < -0.4 is 5.32 Å². The smallest absolute Gasteiger partial charge is 0.180 e. The van der Waals surface area contributed by atoms with Gasteiger partial charge in [0.15, 0.2) is 9.84 Å². The highest BCUT2D eigenvalue weighted by molar-refractivity contribution is 7.91. The Kier molecular flexibility index (Phi) is 4.15. The molecule has 3 rings (SSSR count). The Morgan fingerprint density at radius 2 is 2.10 bits per heavy atom. The molecule has 0 fully saturated rings. The van der Waals surface area contributed by atoms with Gasteiger partial charge in [0.1, 0.15) is 0 Å². The summed E-state index contributed by atoms with van der Waals surface area (Å²) < 4.78 is 24.5. The highest BCUT2D eigenvalue weighted by Gasteiger charge is 2.35. The summed E-state index contributed by atoms with van der Waals surface area (Å²) in [6.45, 7) is 2.15. The van der Waals surface area contributed by atoms with E-state index in [-0.39, 0.29) is 17.8 Å². The van der Waals surface area contributed by atoms with E-state index in [9.17, 15) is 8.42 Å². The fourth-order valence-corrected chi connectivity index (χ4v) is 5.49. The Morgan fingerprint density at radius 1 is 1.29 bits per heavy atom. The fourth-order valence-electron chi connectivity index (χ4n) is 2.92. The van der Waals surface area contributed by atoms with Crippen molar-refractivity contribution in [2.75, 3.05) is 5.75 Å². The van der Waals surface area contributed by atoms with Crippen molar-refractivity contribution in [3.63, 3.8) is 0 Å². The summed E-state index contributed by atoms with van der Waals surface area (Å²) in [5.74, 6) is 0.165. The van der Waals surface area contributed by atoms with E-state index in [2.05, 4.69) is 23.7 Å². The number of fused-ring (bicyclic) bond motifs is 1. The van der Waals surface area contributed by atoms with Gasteiger partial charge in [0.25, 0.3) is 0 Å². The van der Waals surface area contributed by atoms with Gasteiger partial charge < -0.3 is 5.32 Å². The lowest BCUT2D eigenvalue weighted by Gasteiger charge is -2.21. The van der Waals surface area contributed by atoms with Crippen molar-refractivity contribution in [2.45, 2.75) is 36.7 Å². The van der Waals surface area contributed by atoms with Crippen LogP contribution in [0.4, 0.5) is 0 Å². The van der Waals surface area contributed by atoms with Crippen molar-refractivity contribution in [1.29, 1.82) is 0 Å². The first-order valence-electron chi connectivity index (χ1n) is 7.23. The van der Waals surface area contributed by atoms with Crippen LogP contribution in [0, 0.1) is 0 Å². The molecule has 0 bridgehead atoms. The van der Waals surface area contributed by atoms with Gasteiger partial charge in [-0.2, -0.15) is 0 Å². The first-order chi connectivity index (χ1) is 10.1. The number of sulfone groups is 1. The Balaban J connectivity index is 1.88. The molecule has 21 heavy (non-hydrogen) atoms. The molecule has 2 unspecified atom stereocenters. The van der Waals surface area contributed by atoms with E-state index in [1.807, 2.05) is 18.2 Å². The Bertz CT molecular complexity index is 708. The standard InChI is InChI=1S/C16H19NO2S2/c1-2-6-13(15-8-5-10-20-15)17-14-11-21(18,19)16-9-4-3-7-12(14)16/h3-5,7-10,13-14,17H,2,6,11H2,1H3. The van der Waals surface area contributed by atoms with Gasteiger partial charge in [-0.05, 0) is 29.5 Å². The van der Waals surface area contributed by atoms with E-state index in [4.69, 9.17) is 0 Å². The monoisotopic (exact) mass is 321 g/mol. The molecular weight excluding hydrogens is 302 g/mol. The highest BCUT2D eigenvalue weighted by atomic mass is 32.2. The summed E-state index contributed by atoms with van der Waals surface area (Å²) in [4.78, 5) is 1.77. The van der Waals surface area contributed by atoms with Gasteiger partial charge in [-0.25, -0.2) is 8.42 Å². The van der Waals surface area contributed by atoms with Crippen molar-refractivity contribution >= 4 is 21.2 Å². The summed E-state index contributed by atoms with van der Waals surface area (Å²) in [6.07, 6.45) is 2.08. The molecule has 5 heteroatoms. The zero-order chi connectivity index (χ0) is 14.9. The molecule has 2 heterocycles. The van der Waals surface area contributed by atoms with Gasteiger partial charge in [0.2, 0.25) is 0 Å². The Morgan fingerprint density at radius 3 is 2.81 bits per heavy atom. The molecule has 3 nitrogen and oxygen atoms in total. The predicted molar refractivity (Wildman–Crippen MR) is 86.3 cm³/mol. The lowest BCUT2D eigenvalue weighted by Crippen LogP contribution is -2.27. The third kappa shape index (κ3) is 2.91. The number of hydrogen-bond acceptors (Lipinski definition) is 4. The van der Waals surface area contributed by atoms with Gasteiger partial charge in [0.05, 0.1) is 10.6 Å². The molecule has 0 radical (unpaired) electrons. The largest absolute Gasteiger partial charge is 0.301 e. The summed E-state index contributed by atoms with van der Waals surface area (Å²) in [5, 5.41) is 5.63. The lowest BCUT2D eigenvalue weighted by molar-refractivity contribution is 0.447. The van der Waals surface area contributed by atoms with E-state index in [1.165, 1.54) is 4.88 Å². The molecule has 0 spiro atoms. The van der Waals surface area contributed by atoms with Crippen LogP contribution in [0.2, 0.25) is 0 Å². The SMILES string of the molecule is CCCC(NC1CS(=O)(=O)c2ccccc21)c1cccs1. The maximum absolute atomic E-state index is 12.3. The number of benzene rings is 1. The lowest BCUT2D eigenvalue weighted by atomic mass is 10.0. The Hall–Kier alpha value is -1.17. The van der Waals surface area contributed by atoms with E-state index >= 15 is 0 Å². The van der Waals surface area contributed by atoms with Crippen molar-refractivity contribution in [3.8, 4) is 0 Å². The maximum atomic E-state index is 12.3. The quantitative estimate of drug-likeness (QED) is 0.913. The normalized spacial score (nSPS) is 21.1. The summed E-state index contributed by atoms with van der Waals surface area (Å²) in [6, 6.07) is 11.6. The number of nitrogens with one attached hydrogen (secondary N) is 1. The van der Waals surface area contributed by atoms with Crippen molar-refractivity contribution in [2.24, 2.45) is 0 Å². The molecule has 1 aliphatic rings. The molecular formula is C16H19NO2S2. The molecule has 112 valence electrons. The fraction of sp³-hybridized carbons (Fsp3) is 0.375. The van der Waals surface area contributed by atoms with Crippen LogP contribution in [0.5, 0.6) is 0 Å². The molecule has 1 aromatic carbocycles. The molecule has 0 aliphatic carbocycles. The van der Waals surface area contributed by atoms with Crippen molar-refractivity contribution in [1.82, 2.24) is 5.32 Å². The highest BCUT2D eigenvalue weighted by Crippen LogP contribution is 2.36. The second-order valence-corrected chi connectivity index (χ2v) is 8.38. The van der Waals surface area contributed by atoms with Gasteiger partial charge in [-0.1, -0.05) is 37.6 Å². The summed E-state index contributed by atoms with van der Waals surface area (Å²) >= 11 is 1.72. The average Bonchev–Trinajstić information content (AvgIpc) is 3.07. The summed E-state index contributed by atoms with van der Waals surface area (Å²) in [7, 11) is -3.14. The van der Waals surface area contributed by atoms with Crippen LogP contribution in [-0.4, -0.2) is 14.2 Å². The third-order valence-corrected chi connectivity index (χ3v) is 6.68. The summed E-state index contributed by atoms with van der Waals surface area (Å²) in [5.41, 5.74) is 0.912. The molecule has 2 atom stereocenters. The molecule has 2 aromatic rings. The van der Waals surface area contributed by atoms with E-state index < -0.39 is 9.84 Å². The number of hydrogen-bond donors (Lipinski definition) is 1. The van der Waals surface area contributed by atoms with E-state index in [0.29, 0.717) is 4.90 Å². The molecule has 0 amide bonds. The first kappa shape index (κ1) is 14.8. The zero-order valence-electron chi connectivity index (χ0n) is 12.0. The minimum Gasteiger partial charge on any atom is -0.301 e. The third-order valence-electron chi connectivity index (χ3n) is 3.88. The van der Waals surface area contributed by atoms with Gasteiger partial charge in [-0.3, -0.25) is 0 Å². The average molecular weight is 321 g/mol. The minimum atomic E-state index is -3.14. The van der Waals surface area contributed by atoms with Crippen molar-refractivity contribution < 1.29 is 8.42 Å². The number of thiophene rings is 1. The van der Waals surface area contributed by atoms with Crippen molar-refractivity contribution in [3.05, 3.63) is 52.2 Å². The van der Waals surface area contributed by atoms with Crippen LogP contribution in [0.3, 0.4) is 0 Å².